The Morgan fingerprint density at radius 2 is 2.04 bits per heavy atom. The molecule has 1 aliphatic carbocycles. The van der Waals surface area contributed by atoms with Gasteiger partial charge in [-0.1, -0.05) is 18.2 Å². The first-order chi connectivity index (χ1) is 13.5. The van der Waals surface area contributed by atoms with Crippen molar-refractivity contribution >= 4 is 28.3 Å². The molecule has 2 aliphatic rings. The fourth-order valence-electron chi connectivity index (χ4n) is 4.72. The molecule has 0 bridgehead atoms. The van der Waals surface area contributed by atoms with E-state index >= 15 is 0 Å². The Morgan fingerprint density at radius 1 is 1.29 bits per heavy atom. The number of fused-ring (bicyclic) bond motifs is 2. The summed E-state index contributed by atoms with van der Waals surface area (Å²) in [4.78, 5) is 29.3. The van der Waals surface area contributed by atoms with Crippen LogP contribution in [0.5, 0.6) is 0 Å². The molecule has 0 saturated heterocycles. The Bertz CT molecular complexity index is 1040. The van der Waals surface area contributed by atoms with E-state index in [-0.39, 0.29) is 23.8 Å². The first-order valence-corrected chi connectivity index (χ1v) is 9.85. The van der Waals surface area contributed by atoms with Crippen molar-refractivity contribution in [2.75, 3.05) is 26.7 Å². The molecule has 2 aromatic rings. The topological polar surface area (TPSA) is 45.6 Å². The minimum absolute atomic E-state index is 0.151. The second-order valence-electron chi connectivity index (χ2n) is 7.57. The van der Waals surface area contributed by atoms with E-state index in [4.69, 9.17) is 6.42 Å². The van der Waals surface area contributed by atoms with E-state index in [0.29, 0.717) is 6.54 Å². The summed E-state index contributed by atoms with van der Waals surface area (Å²) in [6.45, 7) is 6.18. The normalized spacial score (nSPS) is 21.0. The molecule has 0 saturated carbocycles. The monoisotopic (exact) mass is 375 g/mol. The van der Waals surface area contributed by atoms with Crippen LogP contribution in [0.3, 0.4) is 0 Å². The van der Waals surface area contributed by atoms with Gasteiger partial charge in [0.05, 0.1) is 11.4 Å². The van der Waals surface area contributed by atoms with Gasteiger partial charge in [0.1, 0.15) is 0 Å². The predicted octanol–water partition coefficient (Wildman–Crippen LogP) is 2.65. The van der Waals surface area contributed by atoms with Crippen LogP contribution < -0.4 is 0 Å². The number of likely N-dealkylation sites (N-methyl/N-ethyl adjacent to an activating group) is 1. The summed E-state index contributed by atoms with van der Waals surface area (Å²) in [5.74, 6) is 1.90. The largest absolute Gasteiger partial charge is 0.343 e. The number of carbonyl (C=O) groups excluding carboxylic acids is 2. The average molecular weight is 375 g/mol. The molecule has 2 atom stereocenters. The third-order valence-corrected chi connectivity index (χ3v) is 6.12. The molecule has 2 heterocycles. The Balaban J connectivity index is 1.85. The minimum atomic E-state index is -0.352. The van der Waals surface area contributed by atoms with E-state index in [1.165, 1.54) is 5.57 Å². The number of hydrogen-bond acceptors (Lipinski definition) is 3. The molecular formula is C23H25N3O2. The summed E-state index contributed by atoms with van der Waals surface area (Å²) in [5.41, 5.74) is 4.27. The van der Waals surface area contributed by atoms with Crippen molar-refractivity contribution in [3.8, 4) is 12.3 Å². The maximum absolute atomic E-state index is 13.0. The molecule has 0 radical (unpaired) electrons. The van der Waals surface area contributed by atoms with E-state index < -0.39 is 0 Å². The van der Waals surface area contributed by atoms with E-state index in [1.54, 1.807) is 4.57 Å². The number of nitrogens with zero attached hydrogens (tertiary/aromatic N) is 3. The lowest BCUT2D eigenvalue weighted by Crippen LogP contribution is -2.47. The number of benzene rings is 1. The Hall–Kier alpha value is -2.84. The summed E-state index contributed by atoms with van der Waals surface area (Å²) < 4.78 is 1.57. The van der Waals surface area contributed by atoms with Gasteiger partial charge in [0.15, 0.2) is 0 Å². The minimum Gasteiger partial charge on any atom is -0.343 e. The highest BCUT2D eigenvalue weighted by atomic mass is 16.2. The van der Waals surface area contributed by atoms with Gasteiger partial charge in [-0.25, -0.2) is 0 Å². The number of aromatic nitrogens is 1. The first-order valence-electron chi connectivity index (χ1n) is 9.85. The highest BCUT2D eigenvalue weighted by molar-refractivity contribution is 6.06. The number of hydrogen-bond donors (Lipinski definition) is 0. The van der Waals surface area contributed by atoms with E-state index in [2.05, 4.69) is 30.0 Å². The lowest BCUT2D eigenvalue weighted by Gasteiger charge is -2.40. The van der Waals surface area contributed by atoms with Crippen LogP contribution in [0.4, 0.5) is 0 Å². The van der Waals surface area contributed by atoms with E-state index in [1.807, 2.05) is 37.1 Å². The molecule has 5 heteroatoms. The van der Waals surface area contributed by atoms with Gasteiger partial charge < -0.3 is 4.90 Å². The quantitative estimate of drug-likeness (QED) is 0.775. The SMILES string of the molecule is C#CC(=O)n1cc2c3c(cccc31)C1=C[C@@H](C(=O)N(CC)CC)CN(C)[C@@H]1C2. The third-order valence-electron chi connectivity index (χ3n) is 6.12. The van der Waals surface area contributed by atoms with Crippen molar-refractivity contribution in [3.05, 3.63) is 41.6 Å². The lowest BCUT2D eigenvalue weighted by atomic mass is 9.79. The fraction of sp³-hybridized carbons (Fsp3) is 0.391. The van der Waals surface area contributed by atoms with Crippen molar-refractivity contribution in [1.29, 1.82) is 0 Å². The Kier molecular flexibility index (Phi) is 4.60. The molecule has 5 nitrogen and oxygen atoms in total. The average Bonchev–Trinajstić information content (AvgIpc) is 3.09. The molecule has 28 heavy (non-hydrogen) atoms. The smallest absolute Gasteiger partial charge is 0.306 e. The molecule has 0 spiro atoms. The van der Waals surface area contributed by atoms with Gasteiger partial charge in [0, 0.05) is 37.3 Å². The van der Waals surface area contributed by atoms with Crippen molar-refractivity contribution in [2.24, 2.45) is 5.92 Å². The van der Waals surface area contributed by atoms with Crippen LogP contribution in [0.25, 0.3) is 16.5 Å². The molecule has 1 amide bonds. The number of rotatable bonds is 3. The summed E-state index contributed by atoms with van der Waals surface area (Å²) in [6.07, 6.45) is 10.2. The third kappa shape index (κ3) is 2.68. The van der Waals surface area contributed by atoms with Gasteiger partial charge in [-0.05, 0) is 56.0 Å². The van der Waals surface area contributed by atoms with Gasteiger partial charge in [0.25, 0.3) is 0 Å². The molecule has 0 N–H and O–H groups in total. The summed E-state index contributed by atoms with van der Waals surface area (Å²) >= 11 is 0. The molecule has 1 aromatic carbocycles. The number of terminal acetylenes is 1. The number of carbonyl (C=O) groups is 2. The molecule has 1 aliphatic heterocycles. The molecule has 0 fully saturated rings. The van der Waals surface area contributed by atoms with Crippen molar-refractivity contribution in [1.82, 2.24) is 14.4 Å². The van der Waals surface area contributed by atoms with Crippen LogP contribution >= 0.6 is 0 Å². The predicted molar refractivity (Wildman–Crippen MR) is 111 cm³/mol. The second-order valence-corrected chi connectivity index (χ2v) is 7.57. The van der Waals surface area contributed by atoms with Crippen LogP contribution in [0.1, 0.15) is 29.8 Å². The van der Waals surface area contributed by atoms with Crippen LogP contribution in [0.2, 0.25) is 0 Å². The second kappa shape index (κ2) is 6.96. The van der Waals surface area contributed by atoms with Gasteiger partial charge in [0.2, 0.25) is 5.91 Å². The zero-order valence-corrected chi connectivity index (χ0v) is 16.6. The van der Waals surface area contributed by atoms with Crippen LogP contribution in [0, 0.1) is 18.3 Å². The first kappa shape index (κ1) is 18.5. The van der Waals surface area contributed by atoms with Crippen molar-refractivity contribution in [3.63, 3.8) is 0 Å². The molecule has 1 aromatic heterocycles. The molecule has 0 unspecified atom stereocenters. The van der Waals surface area contributed by atoms with E-state index in [0.717, 1.165) is 41.5 Å². The molecule has 144 valence electrons. The van der Waals surface area contributed by atoms with Crippen LogP contribution in [-0.4, -0.2) is 58.9 Å². The zero-order valence-electron chi connectivity index (χ0n) is 16.6. The summed E-state index contributed by atoms with van der Waals surface area (Å²) in [6, 6.07) is 6.19. The molecule has 4 rings (SSSR count). The van der Waals surface area contributed by atoms with Gasteiger partial charge in [-0.3, -0.25) is 19.1 Å². The van der Waals surface area contributed by atoms with Crippen LogP contribution in [0.15, 0.2) is 30.5 Å². The maximum Gasteiger partial charge on any atom is 0.306 e. The van der Waals surface area contributed by atoms with Gasteiger partial charge in [-0.2, -0.15) is 0 Å². The maximum atomic E-state index is 13.0. The van der Waals surface area contributed by atoms with Gasteiger partial charge in [-0.15, -0.1) is 6.42 Å². The summed E-state index contributed by atoms with van der Waals surface area (Å²) in [7, 11) is 2.08. The van der Waals surface area contributed by atoms with Gasteiger partial charge >= 0.3 is 5.91 Å². The van der Waals surface area contributed by atoms with E-state index in [9.17, 15) is 9.59 Å². The van der Waals surface area contributed by atoms with Crippen molar-refractivity contribution < 1.29 is 9.59 Å². The molecular weight excluding hydrogens is 350 g/mol. The fourth-order valence-corrected chi connectivity index (χ4v) is 4.72. The highest BCUT2D eigenvalue weighted by Gasteiger charge is 2.37. The standard InChI is InChI=1S/C23H25N3O2/c1-5-21(27)26-14-15-12-20-18(17-9-8-10-19(26)22(15)17)11-16(13-24(20)4)23(28)25(6-2)7-3/h1,8-11,14,16,20H,6-7,12-13H2,2-4H3/t16-,20-/m1/s1. The number of amides is 1. The zero-order chi connectivity index (χ0) is 20.0. The summed E-state index contributed by atoms with van der Waals surface area (Å²) in [5, 5.41) is 1.08. The van der Waals surface area contributed by atoms with Crippen molar-refractivity contribution in [2.45, 2.75) is 26.3 Å². The Labute approximate surface area is 165 Å². The Morgan fingerprint density at radius 3 is 2.71 bits per heavy atom. The van der Waals surface area contributed by atoms with Crippen LogP contribution in [-0.2, 0) is 11.2 Å². The lowest BCUT2D eigenvalue weighted by molar-refractivity contribution is -0.134. The highest BCUT2D eigenvalue weighted by Crippen LogP contribution is 2.41.